The van der Waals surface area contributed by atoms with Crippen LogP contribution in [0.25, 0.3) is 0 Å². The van der Waals surface area contributed by atoms with E-state index in [0.29, 0.717) is 5.56 Å². The Morgan fingerprint density at radius 3 is 2.67 bits per heavy atom. The quantitative estimate of drug-likeness (QED) is 0.899. The fourth-order valence-electron chi connectivity index (χ4n) is 1.91. The van der Waals surface area contributed by atoms with Crippen molar-refractivity contribution in [1.82, 2.24) is 14.1 Å². The van der Waals surface area contributed by atoms with Gasteiger partial charge in [0.05, 0.1) is 17.8 Å². The van der Waals surface area contributed by atoms with Crippen LogP contribution in [0.15, 0.2) is 35.5 Å². The van der Waals surface area contributed by atoms with E-state index in [1.165, 1.54) is 23.5 Å². The summed E-state index contributed by atoms with van der Waals surface area (Å²) < 4.78 is 27.9. The third-order valence-electron chi connectivity index (χ3n) is 3.03. The Labute approximate surface area is 128 Å². The average Bonchev–Trinajstić information content (AvgIpc) is 2.84. The number of sulfonamides is 1. The number of aliphatic hydroxyl groups is 1. The summed E-state index contributed by atoms with van der Waals surface area (Å²) in [4.78, 5) is -0.0119. The number of aliphatic hydroxyl groups excluding tert-OH is 1. The zero-order valence-corrected chi connectivity index (χ0v) is 13.3. The van der Waals surface area contributed by atoms with Gasteiger partial charge in [0.2, 0.25) is 10.0 Å². The highest BCUT2D eigenvalue weighted by Gasteiger charge is 2.24. The second kappa shape index (κ2) is 6.15. The van der Waals surface area contributed by atoms with Gasteiger partial charge in [-0.25, -0.2) is 8.42 Å². The zero-order chi connectivity index (χ0) is 15.6. The van der Waals surface area contributed by atoms with Crippen molar-refractivity contribution < 1.29 is 13.5 Å². The maximum atomic E-state index is 12.6. The minimum Gasteiger partial charge on any atom is -0.392 e. The SMILES string of the molecule is CN(Cc1cnn(C)c1)S(=O)(=O)c1cc(CO)ccc1Cl. The highest BCUT2D eigenvalue weighted by molar-refractivity contribution is 7.89. The van der Waals surface area contributed by atoms with Crippen LogP contribution < -0.4 is 0 Å². The number of nitrogens with zero attached hydrogens (tertiary/aromatic N) is 3. The Bertz CT molecular complexity index is 743. The average molecular weight is 330 g/mol. The molecule has 1 aromatic carbocycles. The minimum atomic E-state index is -3.74. The van der Waals surface area contributed by atoms with Crippen molar-refractivity contribution in [2.75, 3.05) is 7.05 Å². The molecule has 1 aromatic heterocycles. The van der Waals surface area contributed by atoms with Gasteiger partial charge in [-0.3, -0.25) is 4.68 Å². The molecule has 0 unspecified atom stereocenters. The molecule has 2 rings (SSSR count). The number of halogens is 1. The Kier molecular flexibility index (Phi) is 4.67. The first-order valence-corrected chi connectivity index (χ1v) is 7.99. The molecule has 0 radical (unpaired) electrons. The largest absolute Gasteiger partial charge is 0.392 e. The predicted octanol–water partition coefficient (Wildman–Crippen LogP) is 1.39. The Hall–Kier alpha value is -1.41. The topological polar surface area (TPSA) is 75.4 Å². The second-order valence-corrected chi connectivity index (χ2v) is 7.13. The molecule has 0 fully saturated rings. The molecule has 8 heteroatoms. The molecule has 0 spiro atoms. The van der Waals surface area contributed by atoms with E-state index < -0.39 is 10.0 Å². The fraction of sp³-hybridized carbons (Fsp3) is 0.308. The monoisotopic (exact) mass is 329 g/mol. The van der Waals surface area contributed by atoms with Crippen molar-refractivity contribution in [3.8, 4) is 0 Å². The fourth-order valence-corrected chi connectivity index (χ4v) is 3.59. The summed E-state index contributed by atoms with van der Waals surface area (Å²) in [5.41, 5.74) is 1.27. The lowest BCUT2D eigenvalue weighted by molar-refractivity contribution is 0.281. The van der Waals surface area contributed by atoms with Crippen LogP contribution in [0.4, 0.5) is 0 Å². The summed E-state index contributed by atoms with van der Waals surface area (Å²) in [6, 6.07) is 4.44. The highest BCUT2D eigenvalue weighted by atomic mass is 35.5. The molecular weight excluding hydrogens is 314 g/mol. The lowest BCUT2D eigenvalue weighted by atomic mass is 10.2. The molecule has 1 N–H and O–H groups in total. The van der Waals surface area contributed by atoms with E-state index >= 15 is 0 Å². The molecule has 2 aromatic rings. The van der Waals surface area contributed by atoms with Crippen molar-refractivity contribution in [2.45, 2.75) is 18.0 Å². The van der Waals surface area contributed by atoms with Crippen molar-refractivity contribution in [2.24, 2.45) is 7.05 Å². The molecule has 21 heavy (non-hydrogen) atoms. The zero-order valence-electron chi connectivity index (χ0n) is 11.7. The molecule has 1 heterocycles. The molecule has 0 atom stereocenters. The van der Waals surface area contributed by atoms with E-state index in [2.05, 4.69) is 5.10 Å². The van der Waals surface area contributed by atoms with Crippen LogP contribution in [0.5, 0.6) is 0 Å². The van der Waals surface area contributed by atoms with Gasteiger partial charge in [0.15, 0.2) is 0 Å². The first-order chi connectivity index (χ1) is 9.84. The van der Waals surface area contributed by atoms with Crippen LogP contribution in [-0.4, -0.2) is 34.7 Å². The summed E-state index contributed by atoms with van der Waals surface area (Å²) >= 11 is 5.98. The van der Waals surface area contributed by atoms with Crippen molar-refractivity contribution in [3.05, 3.63) is 46.7 Å². The number of aryl methyl sites for hydroxylation is 1. The minimum absolute atomic E-state index is 0.0119. The molecule has 0 saturated carbocycles. The van der Waals surface area contributed by atoms with Gasteiger partial charge in [-0.1, -0.05) is 17.7 Å². The van der Waals surface area contributed by atoms with Crippen molar-refractivity contribution in [1.29, 1.82) is 0 Å². The lowest BCUT2D eigenvalue weighted by Gasteiger charge is -2.17. The molecule has 0 bridgehead atoms. The number of hydrogen-bond acceptors (Lipinski definition) is 4. The molecule has 6 nitrogen and oxygen atoms in total. The first-order valence-electron chi connectivity index (χ1n) is 6.17. The van der Waals surface area contributed by atoms with Crippen LogP contribution in [0.1, 0.15) is 11.1 Å². The standard InChI is InChI=1S/C13H16ClN3O3S/c1-16-7-11(6-15-16)8-17(2)21(19,20)13-5-10(9-18)3-4-12(13)14/h3-7,18H,8-9H2,1-2H3. The lowest BCUT2D eigenvalue weighted by Crippen LogP contribution is -2.26. The van der Waals surface area contributed by atoms with Crippen LogP contribution in [0.2, 0.25) is 5.02 Å². The maximum absolute atomic E-state index is 12.6. The summed E-state index contributed by atoms with van der Waals surface area (Å²) in [6.07, 6.45) is 3.36. The van der Waals surface area contributed by atoms with Gasteiger partial charge >= 0.3 is 0 Å². The van der Waals surface area contributed by atoms with Crippen LogP contribution in [0.3, 0.4) is 0 Å². The molecule has 0 amide bonds. The summed E-state index contributed by atoms with van der Waals surface area (Å²) in [7, 11) is -0.498. The molecule has 114 valence electrons. The van der Waals surface area contributed by atoms with Gasteiger partial charge < -0.3 is 5.11 Å². The molecule has 0 aliphatic heterocycles. The van der Waals surface area contributed by atoms with E-state index in [4.69, 9.17) is 16.7 Å². The van der Waals surface area contributed by atoms with Gasteiger partial charge in [-0.05, 0) is 17.7 Å². The van der Waals surface area contributed by atoms with Gasteiger partial charge in [0.1, 0.15) is 4.90 Å². The number of hydrogen-bond donors (Lipinski definition) is 1. The van der Waals surface area contributed by atoms with E-state index in [1.807, 2.05) is 0 Å². The molecule has 0 saturated heterocycles. The molecular formula is C13H16ClN3O3S. The summed E-state index contributed by atoms with van der Waals surface area (Å²) in [5, 5.41) is 13.3. The molecule has 0 aliphatic rings. The van der Waals surface area contributed by atoms with Crippen LogP contribution in [0, 0.1) is 0 Å². The van der Waals surface area contributed by atoms with Crippen molar-refractivity contribution in [3.63, 3.8) is 0 Å². The summed E-state index contributed by atoms with van der Waals surface area (Å²) in [6.45, 7) is -0.0537. The van der Waals surface area contributed by atoms with E-state index in [9.17, 15) is 8.42 Å². The second-order valence-electron chi connectivity index (χ2n) is 4.71. The summed E-state index contributed by atoms with van der Waals surface area (Å²) in [5.74, 6) is 0. The van der Waals surface area contributed by atoms with E-state index in [1.54, 1.807) is 30.2 Å². The molecule has 0 aliphatic carbocycles. The number of benzene rings is 1. The number of rotatable bonds is 5. The van der Waals surface area contributed by atoms with Crippen LogP contribution >= 0.6 is 11.6 Å². The maximum Gasteiger partial charge on any atom is 0.244 e. The third kappa shape index (κ3) is 3.44. The van der Waals surface area contributed by atoms with E-state index in [-0.39, 0.29) is 23.1 Å². The van der Waals surface area contributed by atoms with Crippen LogP contribution in [-0.2, 0) is 30.2 Å². The number of aromatic nitrogens is 2. The Morgan fingerprint density at radius 2 is 2.10 bits per heavy atom. The van der Waals surface area contributed by atoms with E-state index in [0.717, 1.165) is 5.56 Å². The highest BCUT2D eigenvalue weighted by Crippen LogP contribution is 2.26. The van der Waals surface area contributed by atoms with Gasteiger partial charge in [-0.15, -0.1) is 0 Å². The smallest absolute Gasteiger partial charge is 0.244 e. The third-order valence-corrected chi connectivity index (χ3v) is 5.31. The first kappa shape index (κ1) is 16.0. The predicted molar refractivity (Wildman–Crippen MR) is 79.2 cm³/mol. The Balaban J connectivity index is 2.32. The van der Waals surface area contributed by atoms with Gasteiger partial charge in [0.25, 0.3) is 0 Å². The Morgan fingerprint density at radius 1 is 1.38 bits per heavy atom. The van der Waals surface area contributed by atoms with Gasteiger partial charge in [0, 0.05) is 32.4 Å². The van der Waals surface area contributed by atoms with Gasteiger partial charge in [-0.2, -0.15) is 9.40 Å². The van der Waals surface area contributed by atoms with Crippen molar-refractivity contribution >= 4 is 21.6 Å². The normalized spacial score (nSPS) is 12.0.